The lowest BCUT2D eigenvalue weighted by atomic mass is 9.94. The smallest absolute Gasteiger partial charge is 0.159 e. The van der Waals surface area contributed by atoms with Gasteiger partial charge in [0, 0.05) is 24.8 Å². The van der Waals surface area contributed by atoms with Gasteiger partial charge in [0.1, 0.15) is 12.1 Å². The van der Waals surface area contributed by atoms with E-state index in [1.54, 1.807) is 6.33 Å². The first-order chi connectivity index (χ1) is 10.1. The molecule has 0 aliphatic heterocycles. The molecule has 0 spiro atoms. The summed E-state index contributed by atoms with van der Waals surface area (Å²) in [7, 11) is 2.14. The molecule has 0 unspecified atom stereocenters. The molecule has 1 aliphatic rings. The summed E-state index contributed by atoms with van der Waals surface area (Å²) in [5.74, 6) is 1.83. The third-order valence-corrected chi connectivity index (χ3v) is 4.35. The lowest BCUT2D eigenvalue weighted by Gasteiger charge is -2.32. The lowest BCUT2D eigenvalue weighted by Crippen LogP contribution is -2.34. The van der Waals surface area contributed by atoms with Crippen LogP contribution in [0.4, 0.5) is 5.82 Å². The molecule has 5 nitrogen and oxygen atoms in total. The first-order valence-electron chi connectivity index (χ1n) is 7.73. The zero-order valence-corrected chi connectivity index (χ0v) is 13.1. The van der Waals surface area contributed by atoms with E-state index in [2.05, 4.69) is 33.1 Å². The van der Waals surface area contributed by atoms with Crippen LogP contribution in [0, 0.1) is 13.8 Å². The monoisotopic (exact) mass is 285 g/mol. The van der Waals surface area contributed by atoms with Gasteiger partial charge in [0.25, 0.3) is 0 Å². The highest BCUT2D eigenvalue weighted by Crippen LogP contribution is 2.25. The fourth-order valence-corrected chi connectivity index (χ4v) is 3.16. The van der Waals surface area contributed by atoms with E-state index >= 15 is 0 Å². The van der Waals surface area contributed by atoms with E-state index in [1.165, 1.54) is 32.1 Å². The van der Waals surface area contributed by atoms with Crippen LogP contribution < -0.4 is 4.90 Å². The van der Waals surface area contributed by atoms with E-state index in [0.29, 0.717) is 6.04 Å². The van der Waals surface area contributed by atoms with Gasteiger partial charge in [-0.25, -0.2) is 14.6 Å². The Morgan fingerprint density at radius 3 is 2.52 bits per heavy atom. The summed E-state index contributed by atoms with van der Waals surface area (Å²) in [6.45, 7) is 4.05. The van der Waals surface area contributed by atoms with Crippen LogP contribution in [-0.2, 0) is 0 Å². The number of aromatic nitrogens is 4. The summed E-state index contributed by atoms with van der Waals surface area (Å²) >= 11 is 0. The maximum absolute atomic E-state index is 4.50. The standard InChI is InChI=1S/C16H23N5/c1-12-9-13(2)21(19-12)16-10-15(17-11-18-16)20(3)14-7-5-4-6-8-14/h9-11,14H,4-8H2,1-3H3. The highest BCUT2D eigenvalue weighted by molar-refractivity contribution is 5.44. The SMILES string of the molecule is Cc1cc(C)n(-c2cc(N(C)C3CCCCC3)ncn2)n1. The number of aryl methyl sites for hydroxylation is 2. The number of anilines is 1. The largest absolute Gasteiger partial charge is 0.357 e. The molecule has 112 valence electrons. The average Bonchev–Trinajstić information content (AvgIpc) is 2.86. The summed E-state index contributed by atoms with van der Waals surface area (Å²) in [4.78, 5) is 11.1. The Bertz CT molecular complexity index is 613. The summed E-state index contributed by atoms with van der Waals surface area (Å²) in [5.41, 5.74) is 2.10. The van der Waals surface area contributed by atoms with Crippen molar-refractivity contribution < 1.29 is 0 Å². The van der Waals surface area contributed by atoms with Gasteiger partial charge in [0.05, 0.1) is 5.69 Å². The minimum atomic E-state index is 0.599. The van der Waals surface area contributed by atoms with Gasteiger partial charge in [-0.1, -0.05) is 19.3 Å². The van der Waals surface area contributed by atoms with Gasteiger partial charge in [0.15, 0.2) is 5.82 Å². The van der Waals surface area contributed by atoms with Crippen LogP contribution in [0.5, 0.6) is 0 Å². The maximum Gasteiger partial charge on any atom is 0.159 e. The van der Waals surface area contributed by atoms with E-state index in [9.17, 15) is 0 Å². The molecule has 1 aliphatic carbocycles. The van der Waals surface area contributed by atoms with Gasteiger partial charge in [-0.15, -0.1) is 0 Å². The highest BCUT2D eigenvalue weighted by Gasteiger charge is 2.19. The van der Waals surface area contributed by atoms with Crippen molar-refractivity contribution in [1.82, 2.24) is 19.7 Å². The van der Waals surface area contributed by atoms with E-state index < -0.39 is 0 Å². The number of hydrogen-bond acceptors (Lipinski definition) is 4. The molecule has 1 saturated carbocycles. The zero-order chi connectivity index (χ0) is 14.8. The van der Waals surface area contributed by atoms with Crippen molar-refractivity contribution in [2.75, 3.05) is 11.9 Å². The van der Waals surface area contributed by atoms with Crippen LogP contribution in [0.3, 0.4) is 0 Å². The Morgan fingerprint density at radius 1 is 1.10 bits per heavy atom. The quantitative estimate of drug-likeness (QED) is 0.869. The van der Waals surface area contributed by atoms with Gasteiger partial charge in [0.2, 0.25) is 0 Å². The normalized spacial score (nSPS) is 16.1. The van der Waals surface area contributed by atoms with Crippen LogP contribution in [-0.4, -0.2) is 32.8 Å². The second kappa shape index (κ2) is 5.84. The predicted molar refractivity (Wildman–Crippen MR) is 83.9 cm³/mol. The molecule has 2 aromatic rings. The summed E-state index contributed by atoms with van der Waals surface area (Å²) in [6, 6.07) is 4.70. The highest BCUT2D eigenvalue weighted by atomic mass is 15.3. The van der Waals surface area contributed by atoms with E-state index in [4.69, 9.17) is 0 Å². The Labute approximate surface area is 126 Å². The second-order valence-corrected chi connectivity index (χ2v) is 5.98. The van der Waals surface area contributed by atoms with Crippen LogP contribution in [0.2, 0.25) is 0 Å². The van der Waals surface area contributed by atoms with Crippen LogP contribution in [0.25, 0.3) is 5.82 Å². The summed E-state index contributed by atoms with van der Waals surface area (Å²) < 4.78 is 1.88. The van der Waals surface area contributed by atoms with Crippen molar-refractivity contribution in [2.45, 2.75) is 52.0 Å². The number of hydrogen-bond donors (Lipinski definition) is 0. The minimum absolute atomic E-state index is 0.599. The maximum atomic E-state index is 4.50. The van der Waals surface area contributed by atoms with Gasteiger partial charge in [-0.3, -0.25) is 0 Å². The van der Waals surface area contributed by atoms with Gasteiger partial charge < -0.3 is 4.90 Å². The van der Waals surface area contributed by atoms with Crippen molar-refractivity contribution in [3.05, 3.63) is 29.8 Å². The van der Waals surface area contributed by atoms with E-state index in [0.717, 1.165) is 23.0 Å². The molecule has 5 heteroatoms. The Balaban J connectivity index is 1.87. The van der Waals surface area contributed by atoms with Gasteiger partial charge in [-0.2, -0.15) is 5.10 Å². The number of rotatable bonds is 3. The molecule has 0 amide bonds. The minimum Gasteiger partial charge on any atom is -0.357 e. The first-order valence-corrected chi connectivity index (χ1v) is 7.73. The molecular formula is C16H23N5. The van der Waals surface area contributed by atoms with Crippen LogP contribution in [0.15, 0.2) is 18.5 Å². The molecule has 0 aromatic carbocycles. The Morgan fingerprint density at radius 2 is 1.86 bits per heavy atom. The molecule has 0 bridgehead atoms. The summed E-state index contributed by atoms with van der Waals surface area (Å²) in [6.07, 6.45) is 8.17. The Kier molecular flexibility index (Phi) is 3.90. The zero-order valence-electron chi connectivity index (χ0n) is 13.1. The van der Waals surface area contributed by atoms with Crippen molar-refractivity contribution in [3.8, 4) is 5.82 Å². The molecule has 2 heterocycles. The molecule has 1 fully saturated rings. The molecule has 0 N–H and O–H groups in total. The third kappa shape index (κ3) is 2.91. The predicted octanol–water partition coefficient (Wildman–Crippen LogP) is 3.05. The molecule has 0 atom stereocenters. The van der Waals surface area contributed by atoms with E-state index in [1.807, 2.05) is 24.6 Å². The molecule has 3 rings (SSSR count). The molecule has 21 heavy (non-hydrogen) atoms. The first kappa shape index (κ1) is 14.0. The van der Waals surface area contributed by atoms with E-state index in [-0.39, 0.29) is 0 Å². The fraction of sp³-hybridized carbons (Fsp3) is 0.562. The fourth-order valence-electron chi connectivity index (χ4n) is 3.16. The summed E-state index contributed by atoms with van der Waals surface area (Å²) in [5, 5.41) is 4.50. The third-order valence-electron chi connectivity index (χ3n) is 4.35. The van der Waals surface area contributed by atoms with Crippen molar-refractivity contribution in [2.24, 2.45) is 0 Å². The molecule has 2 aromatic heterocycles. The van der Waals surface area contributed by atoms with Crippen LogP contribution in [0.1, 0.15) is 43.5 Å². The average molecular weight is 285 g/mol. The van der Waals surface area contributed by atoms with Crippen molar-refractivity contribution >= 4 is 5.82 Å². The topological polar surface area (TPSA) is 46.8 Å². The lowest BCUT2D eigenvalue weighted by molar-refractivity contribution is 0.426. The van der Waals surface area contributed by atoms with Gasteiger partial charge >= 0.3 is 0 Å². The molecule has 0 saturated heterocycles. The molecule has 0 radical (unpaired) electrons. The van der Waals surface area contributed by atoms with Crippen LogP contribution >= 0.6 is 0 Å². The number of nitrogens with zero attached hydrogens (tertiary/aromatic N) is 5. The Hall–Kier alpha value is -1.91. The molecular weight excluding hydrogens is 262 g/mol. The van der Waals surface area contributed by atoms with Crippen molar-refractivity contribution in [1.29, 1.82) is 0 Å². The van der Waals surface area contributed by atoms with Crippen molar-refractivity contribution in [3.63, 3.8) is 0 Å². The second-order valence-electron chi connectivity index (χ2n) is 5.98. The van der Waals surface area contributed by atoms with Gasteiger partial charge in [-0.05, 0) is 32.8 Å².